The van der Waals surface area contributed by atoms with Gasteiger partial charge >= 0.3 is 0 Å². The number of anilines is 1. The van der Waals surface area contributed by atoms with Crippen molar-refractivity contribution in [3.05, 3.63) is 42.4 Å². The number of rotatable bonds is 3. The molecule has 3 aromatic rings. The zero-order valence-electron chi connectivity index (χ0n) is 15.9. The number of hydrogen-bond donors (Lipinski definition) is 0. The standard InChI is InChI=1S/C21H26N6/c1-16-21(17-6-10-22-11-7-17)27-19(23-16)4-5-20(24-27)26-14-8-18(9-15-26)25-12-2-3-13-25/h4-7,10-11,18H,2-3,8-9,12-15H2,1H3. The Morgan fingerprint density at radius 2 is 1.67 bits per heavy atom. The van der Waals surface area contributed by atoms with E-state index in [1.54, 1.807) is 0 Å². The van der Waals surface area contributed by atoms with Crippen molar-refractivity contribution < 1.29 is 0 Å². The number of likely N-dealkylation sites (tertiary alicyclic amines) is 1. The summed E-state index contributed by atoms with van der Waals surface area (Å²) >= 11 is 0. The Morgan fingerprint density at radius 3 is 2.41 bits per heavy atom. The van der Waals surface area contributed by atoms with Gasteiger partial charge in [0.25, 0.3) is 0 Å². The topological polar surface area (TPSA) is 49.6 Å². The third-order valence-electron chi connectivity index (χ3n) is 6.04. The lowest BCUT2D eigenvalue weighted by atomic mass is 10.0. The van der Waals surface area contributed by atoms with E-state index < -0.39 is 0 Å². The molecule has 140 valence electrons. The predicted molar refractivity (Wildman–Crippen MR) is 107 cm³/mol. The summed E-state index contributed by atoms with van der Waals surface area (Å²) in [6.07, 6.45) is 8.86. The molecule has 0 bridgehead atoms. The first-order chi connectivity index (χ1) is 13.3. The van der Waals surface area contributed by atoms with Crippen molar-refractivity contribution >= 4 is 11.5 Å². The van der Waals surface area contributed by atoms with Gasteiger partial charge in [-0.1, -0.05) is 0 Å². The molecule has 5 rings (SSSR count). The van der Waals surface area contributed by atoms with Crippen molar-refractivity contribution in [1.82, 2.24) is 24.5 Å². The number of nitrogens with zero attached hydrogens (tertiary/aromatic N) is 6. The summed E-state index contributed by atoms with van der Waals surface area (Å²) in [4.78, 5) is 13.9. The zero-order valence-corrected chi connectivity index (χ0v) is 15.9. The second-order valence-corrected chi connectivity index (χ2v) is 7.70. The van der Waals surface area contributed by atoms with Gasteiger partial charge < -0.3 is 9.80 Å². The van der Waals surface area contributed by atoms with Crippen molar-refractivity contribution in [2.24, 2.45) is 0 Å². The Kier molecular flexibility index (Phi) is 4.28. The van der Waals surface area contributed by atoms with Crippen LogP contribution in [0.1, 0.15) is 31.4 Å². The summed E-state index contributed by atoms with van der Waals surface area (Å²) < 4.78 is 1.99. The first-order valence-corrected chi connectivity index (χ1v) is 10.1. The molecule has 6 heteroatoms. The number of piperidine rings is 1. The van der Waals surface area contributed by atoms with Crippen molar-refractivity contribution in [3.8, 4) is 11.3 Å². The number of aromatic nitrogens is 4. The highest BCUT2D eigenvalue weighted by molar-refractivity contribution is 5.66. The maximum atomic E-state index is 4.96. The first kappa shape index (κ1) is 16.7. The highest BCUT2D eigenvalue weighted by Crippen LogP contribution is 2.27. The van der Waals surface area contributed by atoms with Crippen LogP contribution in [0.15, 0.2) is 36.7 Å². The van der Waals surface area contributed by atoms with E-state index in [0.29, 0.717) is 0 Å². The largest absolute Gasteiger partial charge is 0.355 e. The summed E-state index contributed by atoms with van der Waals surface area (Å²) in [7, 11) is 0. The van der Waals surface area contributed by atoms with E-state index in [1.807, 2.05) is 36.0 Å². The predicted octanol–water partition coefficient (Wildman–Crippen LogP) is 3.16. The molecule has 27 heavy (non-hydrogen) atoms. The number of pyridine rings is 1. The maximum absolute atomic E-state index is 4.96. The minimum absolute atomic E-state index is 0.760. The third kappa shape index (κ3) is 3.08. The fourth-order valence-electron chi connectivity index (χ4n) is 4.61. The van der Waals surface area contributed by atoms with Crippen LogP contribution in [0.3, 0.4) is 0 Å². The molecule has 2 fully saturated rings. The fraction of sp³-hybridized carbons (Fsp3) is 0.476. The van der Waals surface area contributed by atoms with E-state index in [2.05, 4.69) is 26.9 Å². The van der Waals surface area contributed by atoms with Crippen LogP contribution in [0.4, 0.5) is 5.82 Å². The number of fused-ring (bicyclic) bond motifs is 1. The fourth-order valence-corrected chi connectivity index (χ4v) is 4.61. The van der Waals surface area contributed by atoms with Crippen LogP contribution >= 0.6 is 0 Å². The summed E-state index contributed by atoms with van der Waals surface area (Å²) in [6, 6.07) is 9.01. The van der Waals surface area contributed by atoms with Gasteiger partial charge in [-0.25, -0.2) is 9.50 Å². The van der Waals surface area contributed by atoms with E-state index in [-0.39, 0.29) is 0 Å². The van der Waals surface area contributed by atoms with Gasteiger partial charge in [0.15, 0.2) is 5.65 Å². The van der Waals surface area contributed by atoms with Crippen molar-refractivity contribution in [3.63, 3.8) is 0 Å². The second kappa shape index (κ2) is 6.93. The molecule has 0 radical (unpaired) electrons. The monoisotopic (exact) mass is 362 g/mol. The van der Waals surface area contributed by atoms with Gasteiger partial charge in [-0.3, -0.25) is 4.98 Å². The number of imidazole rings is 1. The Balaban J connectivity index is 1.42. The SMILES string of the molecule is Cc1nc2ccc(N3CCC(N4CCCC4)CC3)nn2c1-c1ccncc1. The molecule has 5 heterocycles. The van der Waals surface area contributed by atoms with Crippen molar-refractivity contribution in [2.45, 2.75) is 38.6 Å². The van der Waals surface area contributed by atoms with Crippen LogP contribution in [0.5, 0.6) is 0 Å². The molecule has 2 aliphatic rings. The summed E-state index contributed by atoms with van der Waals surface area (Å²) in [6.45, 7) is 6.79. The Labute approximate surface area is 159 Å². The minimum Gasteiger partial charge on any atom is -0.355 e. The molecule has 0 amide bonds. The normalized spacial score (nSPS) is 19.2. The van der Waals surface area contributed by atoms with Crippen LogP contribution in [0, 0.1) is 6.92 Å². The lowest BCUT2D eigenvalue weighted by molar-refractivity contribution is 0.207. The van der Waals surface area contributed by atoms with E-state index in [4.69, 9.17) is 10.1 Å². The van der Waals surface area contributed by atoms with Crippen molar-refractivity contribution in [1.29, 1.82) is 0 Å². The highest BCUT2D eigenvalue weighted by Gasteiger charge is 2.27. The van der Waals surface area contributed by atoms with Crippen molar-refractivity contribution in [2.75, 3.05) is 31.1 Å². The molecule has 2 aliphatic heterocycles. The lowest BCUT2D eigenvalue weighted by Crippen LogP contribution is -2.44. The zero-order chi connectivity index (χ0) is 18.2. The molecular formula is C21H26N6. The molecule has 3 aromatic heterocycles. The molecule has 0 spiro atoms. The van der Waals surface area contributed by atoms with Gasteiger partial charge in [0.05, 0.1) is 11.4 Å². The van der Waals surface area contributed by atoms with Gasteiger partial charge in [-0.05, 0) is 70.0 Å². The highest BCUT2D eigenvalue weighted by atomic mass is 15.3. The number of hydrogen-bond acceptors (Lipinski definition) is 5. The van der Waals surface area contributed by atoms with Crippen LogP contribution in [0.2, 0.25) is 0 Å². The third-order valence-corrected chi connectivity index (χ3v) is 6.04. The Morgan fingerprint density at radius 1 is 0.926 bits per heavy atom. The lowest BCUT2D eigenvalue weighted by Gasteiger charge is -2.37. The average Bonchev–Trinajstić information content (AvgIpc) is 3.35. The summed E-state index contributed by atoms with van der Waals surface area (Å²) in [5, 5.41) is 4.96. The Hall–Kier alpha value is -2.47. The quantitative estimate of drug-likeness (QED) is 0.716. The maximum Gasteiger partial charge on any atom is 0.154 e. The summed E-state index contributed by atoms with van der Waals surface area (Å²) in [5.74, 6) is 1.05. The average molecular weight is 362 g/mol. The molecule has 2 saturated heterocycles. The first-order valence-electron chi connectivity index (χ1n) is 10.1. The molecule has 0 atom stereocenters. The number of aryl methyl sites for hydroxylation is 1. The van der Waals surface area contributed by atoms with E-state index in [1.165, 1.54) is 38.8 Å². The van der Waals surface area contributed by atoms with Gasteiger partial charge in [-0.15, -0.1) is 5.10 Å². The summed E-state index contributed by atoms with van der Waals surface area (Å²) in [5.41, 5.74) is 4.06. The van der Waals surface area contributed by atoms with Crippen LogP contribution in [-0.4, -0.2) is 56.7 Å². The minimum atomic E-state index is 0.760. The van der Waals surface area contributed by atoms with E-state index in [0.717, 1.165) is 47.5 Å². The van der Waals surface area contributed by atoms with Crippen LogP contribution in [-0.2, 0) is 0 Å². The molecule has 0 N–H and O–H groups in total. The molecule has 0 aromatic carbocycles. The van der Waals surface area contributed by atoms with E-state index in [9.17, 15) is 0 Å². The molecule has 0 saturated carbocycles. The molecule has 0 aliphatic carbocycles. The van der Waals surface area contributed by atoms with Crippen LogP contribution in [0.25, 0.3) is 16.9 Å². The Bertz CT molecular complexity index is 920. The smallest absolute Gasteiger partial charge is 0.154 e. The van der Waals surface area contributed by atoms with Gasteiger partial charge in [0.1, 0.15) is 5.82 Å². The van der Waals surface area contributed by atoms with Gasteiger partial charge in [0.2, 0.25) is 0 Å². The molecular weight excluding hydrogens is 336 g/mol. The van der Waals surface area contributed by atoms with E-state index >= 15 is 0 Å². The molecule has 6 nitrogen and oxygen atoms in total. The second-order valence-electron chi connectivity index (χ2n) is 7.70. The van der Waals surface area contributed by atoms with Gasteiger partial charge in [-0.2, -0.15) is 0 Å². The molecule has 0 unspecified atom stereocenters. The van der Waals surface area contributed by atoms with Crippen LogP contribution < -0.4 is 4.90 Å². The van der Waals surface area contributed by atoms with Gasteiger partial charge in [0, 0.05) is 37.1 Å².